The van der Waals surface area contributed by atoms with Crippen LogP contribution < -0.4 is 10.1 Å². The predicted molar refractivity (Wildman–Crippen MR) is 133 cm³/mol. The summed E-state index contributed by atoms with van der Waals surface area (Å²) in [5.74, 6) is 0.0221. The highest BCUT2D eigenvalue weighted by atomic mass is 32.2. The van der Waals surface area contributed by atoms with E-state index in [0.29, 0.717) is 27.4 Å². The van der Waals surface area contributed by atoms with Gasteiger partial charge in [-0.05, 0) is 35.9 Å². The number of rotatable bonds is 6. The van der Waals surface area contributed by atoms with E-state index >= 15 is 0 Å². The molecule has 0 aliphatic heterocycles. The van der Waals surface area contributed by atoms with Gasteiger partial charge < -0.3 is 10.1 Å². The number of aromatic amines is 1. The fraction of sp³-hybridized carbons (Fsp3) is 0.240. The lowest BCUT2D eigenvalue weighted by Crippen LogP contribution is -2.15. The van der Waals surface area contributed by atoms with Crippen LogP contribution >= 0.6 is 0 Å². The number of carbonyl (C=O) groups is 1. The summed E-state index contributed by atoms with van der Waals surface area (Å²) in [5, 5.41) is 10.2. The van der Waals surface area contributed by atoms with Gasteiger partial charge in [0.15, 0.2) is 5.82 Å². The summed E-state index contributed by atoms with van der Waals surface area (Å²) in [5.41, 5.74) is 1.54. The Balaban J connectivity index is 1.50. The molecule has 8 nitrogen and oxygen atoms in total. The van der Waals surface area contributed by atoms with Gasteiger partial charge in [-0.25, -0.2) is 13.4 Å². The van der Waals surface area contributed by atoms with E-state index in [1.165, 1.54) is 18.4 Å². The van der Waals surface area contributed by atoms with E-state index < -0.39 is 21.5 Å². The number of nitrogens with one attached hydrogen (secondary N) is 3. The third-order valence-electron chi connectivity index (χ3n) is 5.38. The Bertz CT molecular complexity index is 1520. The molecule has 0 bridgehead atoms. The molecule has 0 saturated carbocycles. The maximum absolute atomic E-state index is 14.8. The number of fused-ring (bicyclic) bond motifs is 1. The topological polar surface area (TPSA) is 121 Å². The highest BCUT2D eigenvalue weighted by molar-refractivity contribution is 7.91. The molecule has 1 unspecified atom stereocenters. The molecule has 0 aliphatic carbocycles. The minimum absolute atomic E-state index is 0.142. The Morgan fingerprint density at radius 2 is 1.94 bits per heavy atom. The zero-order chi connectivity index (χ0) is 25.4. The minimum Gasteiger partial charge on any atom is -0.456 e. The summed E-state index contributed by atoms with van der Waals surface area (Å²) >= 11 is 0. The second kappa shape index (κ2) is 9.10. The van der Waals surface area contributed by atoms with Gasteiger partial charge in [0.25, 0.3) is 0 Å². The molecule has 0 fully saturated rings. The van der Waals surface area contributed by atoms with Crippen molar-refractivity contribution in [3.05, 3.63) is 71.8 Å². The fourth-order valence-corrected chi connectivity index (χ4v) is 4.09. The molecule has 2 heterocycles. The third kappa shape index (κ3) is 5.65. The second-order valence-electron chi connectivity index (χ2n) is 9.33. The number of nitrogens with zero attached hydrogens (tertiary/aromatic N) is 2. The maximum atomic E-state index is 14.8. The van der Waals surface area contributed by atoms with Gasteiger partial charge in [-0.3, -0.25) is 14.9 Å². The highest BCUT2D eigenvalue weighted by Crippen LogP contribution is 2.31. The molecule has 35 heavy (non-hydrogen) atoms. The highest BCUT2D eigenvalue weighted by Gasteiger charge is 2.18. The maximum Gasteiger partial charge on any atom is 0.230 e. The number of benzene rings is 2. The number of hydrogen-bond donors (Lipinski definition) is 3. The Hall–Kier alpha value is -3.79. The molecule has 0 radical (unpaired) electrons. The average molecular weight is 496 g/mol. The van der Waals surface area contributed by atoms with Crippen LogP contribution in [-0.4, -0.2) is 31.6 Å². The summed E-state index contributed by atoms with van der Waals surface area (Å²) < 4.78 is 40.6. The third-order valence-corrected chi connectivity index (χ3v) is 6.53. The first kappa shape index (κ1) is 24.3. The van der Waals surface area contributed by atoms with Crippen molar-refractivity contribution in [3.8, 4) is 11.5 Å². The molecule has 3 N–H and O–H groups in total. The smallest absolute Gasteiger partial charge is 0.230 e. The number of ether oxygens (including phenoxy) is 1. The van der Waals surface area contributed by atoms with E-state index in [0.717, 1.165) is 5.69 Å². The Morgan fingerprint density at radius 3 is 2.60 bits per heavy atom. The van der Waals surface area contributed by atoms with Crippen molar-refractivity contribution in [2.75, 3.05) is 11.6 Å². The summed E-state index contributed by atoms with van der Waals surface area (Å²) in [6, 6.07) is 12.5. The van der Waals surface area contributed by atoms with Gasteiger partial charge in [0.05, 0.1) is 21.7 Å². The van der Waals surface area contributed by atoms with Crippen LogP contribution in [-0.2, 0) is 26.4 Å². The second-order valence-corrected chi connectivity index (χ2v) is 11.5. The molecule has 10 heteroatoms. The molecular weight excluding hydrogens is 469 g/mol. The lowest BCUT2D eigenvalue weighted by Gasteiger charge is -2.14. The first-order valence-corrected chi connectivity index (χ1v) is 12.8. The van der Waals surface area contributed by atoms with Gasteiger partial charge in [0.2, 0.25) is 5.91 Å². The molecule has 0 aliphatic rings. The predicted octanol–water partition coefficient (Wildman–Crippen LogP) is 5.40. The number of amides is 1. The van der Waals surface area contributed by atoms with E-state index in [2.05, 4.69) is 20.5 Å². The van der Waals surface area contributed by atoms with E-state index in [-0.39, 0.29) is 23.1 Å². The van der Waals surface area contributed by atoms with Crippen LogP contribution in [0.1, 0.15) is 32.0 Å². The first-order valence-electron chi connectivity index (χ1n) is 10.8. The lowest BCUT2D eigenvalue weighted by molar-refractivity contribution is -0.115. The largest absolute Gasteiger partial charge is 0.456 e. The standard InChI is InChI=1S/C25H26FN5O3S/c1-25(2,3)22-14-23(31-30-22)29-24(32)11-15-5-6-16(12-19(15)26)34-21-9-10-28-20-8-7-17(13-18(20)21)35(4,27)33/h5-10,12-14,27H,11H2,1-4H3,(H2,29,30,31,32). The van der Waals surface area contributed by atoms with Crippen LogP contribution in [0.15, 0.2) is 59.6 Å². The Morgan fingerprint density at radius 1 is 1.17 bits per heavy atom. The number of pyridine rings is 1. The quantitative estimate of drug-likeness (QED) is 0.331. The normalized spacial score (nSPS) is 13.4. The van der Waals surface area contributed by atoms with Crippen LogP contribution in [0.2, 0.25) is 0 Å². The van der Waals surface area contributed by atoms with E-state index in [9.17, 15) is 13.4 Å². The summed E-state index contributed by atoms with van der Waals surface area (Å²) in [6.07, 6.45) is 2.72. The van der Waals surface area contributed by atoms with Crippen molar-refractivity contribution in [3.63, 3.8) is 0 Å². The van der Waals surface area contributed by atoms with Crippen molar-refractivity contribution in [1.82, 2.24) is 15.2 Å². The van der Waals surface area contributed by atoms with Crippen molar-refractivity contribution < 1.29 is 18.1 Å². The van der Waals surface area contributed by atoms with Gasteiger partial charge in [-0.2, -0.15) is 5.10 Å². The monoisotopic (exact) mass is 495 g/mol. The van der Waals surface area contributed by atoms with Gasteiger partial charge in [-0.1, -0.05) is 26.8 Å². The van der Waals surface area contributed by atoms with E-state index in [1.54, 1.807) is 42.6 Å². The molecule has 0 spiro atoms. The van der Waals surface area contributed by atoms with E-state index in [1.807, 2.05) is 20.8 Å². The van der Waals surface area contributed by atoms with Gasteiger partial charge in [-0.15, -0.1) is 0 Å². The lowest BCUT2D eigenvalue weighted by atomic mass is 9.92. The molecule has 4 rings (SSSR count). The van der Waals surface area contributed by atoms with Crippen LogP contribution in [0.3, 0.4) is 0 Å². The summed E-state index contributed by atoms with van der Waals surface area (Å²) in [7, 11) is -2.92. The molecule has 182 valence electrons. The first-order chi connectivity index (χ1) is 16.4. The van der Waals surface area contributed by atoms with Crippen molar-refractivity contribution >= 4 is 32.4 Å². The number of halogens is 1. The molecule has 2 aromatic carbocycles. The zero-order valence-electron chi connectivity index (χ0n) is 19.8. The molecule has 2 aromatic heterocycles. The zero-order valence-corrected chi connectivity index (χ0v) is 20.6. The van der Waals surface area contributed by atoms with Crippen molar-refractivity contribution in [1.29, 1.82) is 4.78 Å². The summed E-state index contributed by atoms with van der Waals surface area (Å²) in [6.45, 7) is 6.07. The average Bonchev–Trinajstić information content (AvgIpc) is 3.24. The van der Waals surface area contributed by atoms with Crippen molar-refractivity contribution in [2.45, 2.75) is 37.5 Å². The molecule has 0 saturated heterocycles. The number of anilines is 1. The Labute approximate surface area is 202 Å². The number of aromatic nitrogens is 3. The molecular formula is C25H26FN5O3S. The molecule has 1 atom stereocenters. The van der Waals surface area contributed by atoms with Gasteiger partial charge in [0, 0.05) is 46.0 Å². The van der Waals surface area contributed by atoms with Gasteiger partial charge in [0.1, 0.15) is 17.3 Å². The van der Waals surface area contributed by atoms with Gasteiger partial charge >= 0.3 is 0 Å². The molecule has 4 aromatic rings. The number of H-pyrrole nitrogens is 1. The minimum atomic E-state index is -2.92. The number of hydrogen-bond acceptors (Lipinski definition) is 6. The van der Waals surface area contributed by atoms with Crippen LogP contribution in [0.5, 0.6) is 11.5 Å². The SMILES string of the molecule is CC(C)(C)c1cc(NC(=O)Cc2ccc(Oc3ccnc4ccc(S(C)(=N)=O)cc34)cc2F)n[nH]1. The van der Waals surface area contributed by atoms with Crippen LogP contribution in [0, 0.1) is 10.6 Å². The van der Waals surface area contributed by atoms with Crippen LogP contribution in [0.4, 0.5) is 10.2 Å². The van der Waals surface area contributed by atoms with E-state index in [4.69, 9.17) is 9.52 Å². The molecule has 1 amide bonds. The fourth-order valence-electron chi connectivity index (χ4n) is 3.42. The number of carbonyl (C=O) groups excluding carboxylic acids is 1. The van der Waals surface area contributed by atoms with Crippen LogP contribution in [0.25, 0.3) is 10.9 Å². The summed E-state index contributed by atoms with van der Waals surface area (Å²) in [4.78, 5) is 17.0. The Kier molecular flexibility index (Phi) is 6.33. The van der Waals surface area contributed by atoms with Crippen molar-refractivity contribution in [2.24, 2.45) is 0 Å².